The molecule has 0 spiro atoms. The number of amides is 5. The molecular formula is C32H32N6O6S. The second-order valence-electron chi connectivity index (χ2n) is 11.1. The van der Waals surface area contributed by atoms with Crippen LogP contribution in [-0.4, -0.2) is 64.6 Å². The van der Waals surface area contributed by atoms with Crippen LogP contribution in [0.3, 0.4) is 0 Å². The number of carbonyl (C=O) groups is 4. The van der Waals surface area contributed by atoms with E-state index in [4.69, 9.17) is 9.84 Å². The van der Waals surface area contributed by atoms with Crippen molar-refractivity contribution in [2.24, 2.45) is 0 Å². The molecule has 4 N–H and O–H groups in total. The van der Waals surface area contributed by atoms with Crippen molar-refractivity contribution in [1.82, 2.24) is 20.5 Å². The fourth-order valence-corrected chi connectivity index (χ4v) is 6.82. The predicted molar refractivity (Wildman–Crippen MR) is 171 cm³/mol. The molecule has 0 unspecified atom stereocenters. The minimum Gasteiger partial charge on any atom is -0.465 e. The standard InChI is InChI=1S/C32H32N6O6S/c1-18-16-20(44-19-8-4-3-5-9-19)12-13-23(18)38-24-14-15-33-30-26(24)27(36-31(38)41)28(45-30)29(40)35-22-11-7-6-10-21(22)34-25(39)17-37(2)32(42)43/h3-5,8-9,12-16,21-22H,6-7,10-11,17H2,1-2H3,(H,34,39)(H,35,40)(H,36,41)(H,42,43)/t21-,22-/m1/s1. The van der Waals surface area contributed by atoms with Gasteiger partial charge in [0.15, 0.2) is 0 Å². The fraction of sp³-hybridized carbons (Fsp3) is 0.281. The lowest BCUT2D eigenvalue weighted by Crippen LogP contribution is -2.54. The van der Waals surface area contributed by atoms with Crippen molar-refractivity contribution >= 4 is 62.6 Å². The van der Waals surface area contributed by atoms with Crippen molar-refractivity contribution in [2.75, 3.05) is 23.8 Å². The number of ether oxygens (including phenoxy) is 1. The van der Waals surface area contributed by atoms with Crippen LogP contribution in [0.15, 0.2) is 60.8 Å². The first kappa shape index (κ1) is 29.9. The Kier molecular flexibility index (Phi) is 8.26. The van der Waals surface area contributed by atoms with Gasteiger partial charge in [-0.2, -0.15) is 0 Å². The SMILES string of the molecule is Cc1cc(Oc2ccccc2)ccc1N1C(=O)Nc2c(C(=O)N[C@@H]3CCCC[C@H]3NC(=O)CN(C)C(=O)O)sc3nccc1c23. The third kappa shape index (κ3) is 6.11. The van der Waals surface area contributed by atoms with E-state index in [2.05, 4.69) is 20.9 Å². The zero-order chi connectivity index (χ0) is 31.7. The largest absolute Gasteiger partial charge is 0.465 e. The number of hydrogen-bond donors (Lipinski definition) is 4. The zero-order valence-corrected chi connectivity index (χ0v) is 25.5. The van der Waals surface area contributed by atoms with Gasteiger partial charge >= 0.3 is 12.1 Å². The molecule has 45 heavy (non-hydrogen) atoms. The van der Waals surface area contributed by atoms with Crippen LogP contribution >= 0.6 is 11.3 Å². The molecule has 232 valence electrons. The van der Waals surface area contributed by atoms with E-state index >= 15 is 0 Å². The maximum absolute atomic E-state index is 13.7. The fourth-order valence-electron chi connectivity index (χ4n) is 5.80. The number of para-hydroxylation sites is 1. The lowest BCUT2D eigenvalue weighted by Gasteiger charge is -2.33. The van der Waals surface area contributed by atoms with E-state index in [9.17, 15) is 19.2 Å². The first-order chi connectivity index (χ1) is 21.7. The number of nitrogens with one attached hydrogen (secondary N) is 3. The van der Waals surface area contributed by atoms with Gasteiger partial charge in [-0.25, -0.2) is 14.6 Å². The molecule has 12 nitrogen and oxygen atoms in total. The van der Waals surface area contributed by atoms with Gasteiger partial charge in [-0.05, 0) is 61.7 Å². The normalized spacial score (nSPS) is 17.4. The number of nitrogens with zero attached hydrogens (tertiary/aromatic N) is 3. The Morgan fingerprint density at radius 2 is 1.78 bits per heavy atom. The Balaban J connectivity index is 1.24. The monoisotopic (exact) mass is 628 g/mol. The van der Waals surface area contributed by atoms with Gasteiger partial charge in [0.1, 0.15) is 27.8 Å². The van der Waals surface area contributed by atoms with Crippen LogP contribution in [0.1, 0.15) is 40.9 Å². The number of benzene rings is 2. The number of carboxylic acid groups (broad SMARTS) is 1. The highest BCUT2D eigenvalue weighted by Gasteiger charge is 2.35. The van der Waals surface area contributed by atoms with Crippen molar-refractivity contribution in [1.29, 1.82) is 0 Å². The number of aryl methyl sites for hydroxylation is 1. The summed E-state index contributed by atoms with van der Waals surface area (Å²) < 4.78 is 5.97. The molecular weight excluding hydrogens is 596 g/mol. The van der Waals surface area contributed by atoms with Crippen molar-refractivity contribution in [3.63, 3.8) is 0 Å². The van der Waals surface area contributed by atoms with Gasteiger partial charge in [0, 0.05) is 25.3 Å². The highest BCUT2D eigenvalue weighted by atomic mass is 32.1. The summed E-state index contributed by atoms with van der Waals surface area (Å²) in [6, 6.07) is 15.6. The van der Waals surface area contributed by atoms with Crippen molar-refractivity contribution in [3.05, 3.63) is 71.2 Å². The number of hydrogen-bond acceptors (Lipinski definition) is 7. The quantitative estimate of drug-likeness (QED) is 0.191. The molecule has 2 aromatic heterocycles. The molecule has 2 aromatic carbocycles. The molecule has 1 aliphatic heterocycles. The number of thiophene rings is 1. The molecule has 0 bridgehead atoms. The first-order valence-electron chi connectivity index (χ1n) is 14.6. The third-order valence-corrected chi connectivity index (χ3v) is 9.07. The molecule has 4 aromatic rings. The second-order valence-corrected chi connectivity index (χ2v) is 12.1. The molecule has 6 rings (SSSR count). The summed E-state index contributed by atoms with van der Waals surface area (Å²) in [4.78, 5) is 58.9. The third-order valence-electron chi connectivity index (χ3n) is 7.98. The first-order valence-corrected chi connectivity index (χ1v) is 15.4. The summed E-state index contributed by atoms with van der Waals surface area (Å²) in [7, 11) is 1.32. The average molecular weight is 629 g/mol. The molecule has 0 saturated heterocycles. The smallest absolute Gasteiger partial charge is 0.407 e. The molecule has 2 atom stereocenters. The predicted octanol–water partition coefficient (Wildman–Crippen LogP) is 5.85. The molecule has 0 radical (unpaired) electrons. The van der Waals surface area contributed by atoms with Gasteiger partial charge < -0.3 is 30.7 Å². The van der Waals surface area contributed by atoms with Crippen molar-refractivity contribution in [2.45, 2.75) is 44.7 Å². The van der Waals surface area contributed by atoms with Gasteiger partial charge in [0.2, 0.25) is 5.91 Å². The molecule has 5 amide bonds. The van der Waals surface area contributed by atoms with E-state index in [0.29, 0.717) is 56.5 Å². The highest BCUT2D eigenvalue weighted by Crippen LogP contribution is 2.46. The van der Waals surface area contributed by atoms with Crippen LogP contribution < -0.4 is 25.6 Å². The second kappa shape index (κ2) is 12.4. The molecule has 1 saturated carbocycles. The van der Waals surface area contributed by atoms with E-state index in [0.717, 1.165) is 23.3 Å². The zero-order valence-electron chi connectivity index (χ0n) is 24.7. The van der Waals surface area contributed by atoms with Gasteiger partial charge in [-0.3, -0.25) is 14.5 Å². The van der Waals surface area contributed by atoms with Crippen LogP contribution in [0.2, 0.25) is 0 Å². The Labute approximate surface area is 263 Å². The van der Waals surface area contributed by atoms with Crippen LogP contribution in [0, 0.1) is 6.92 Å². The summed E-state index contributed by atoms with van der Waals surface area (Å²) in [5.74, 6) is 0.540. The highest BCUT2D eigenvalue weighted by molar-refractivity contribution is 7.21. The molecule has 13 heteroatoms. The minimum atomic E-state index is -1.20. The summed E-state index contributed by atoms with van der Waals surface area (Å²) >= 11 is 1.19. The molecule has 2 aliphatic rings. The summed E-state index contributed by atoms with van der Waals surface area (Å²) in [5.41, 5.74) is 2.50. The number of pyridine rings is 1. The summed E-state index contributed by atoms with van der Waals surface area (Å²) in [5, 5.41) is 18.6. The van der Waals surface area contributed by atoms with Crippen molar-refractivity contribution < 1.29 is 29.0 Å². The van der Waals surface area contributed by atoms with Crippen molar-refractivity contribution in [3.8, 4) is 11.5 Å². The Bertz CT molecular complexity index is 1790. The average Bonchev–Trinajstić information content (AvgIpc) is 3.39. The minimum absolute atomic E-state index is 0.299. The Morgan fingerprint density at radius 1 is 1.04 bits per heavy atom. The number of likely N-dealkylation sites (N-methyl/N-ethyl adjacent to an activating group) is 1. The molecule has 1 aliphatic carbocycles. The lowest BCUT2D eigenvalue weighted by molar-refractivity contribution is -0.122. The maximum Gasteiger partial charge on any atom is 0.407 e. The molecule has 3 heterocycles. The van der Waals surface area contributed by atoms with Crippen LogP contribution in [0.4, 0.5) is 26.7 Å². The van der Waals surface area contributed by atoms with E-state index < -0.39 is 18.0 Å². The Morgan fingerprint density at radius 3 is 2.49 bits per heavy atom. The van der Waals surface area contributed by atoms with Crippen LogP contribution in [-0.2, 0) is 4.79 Å². The van der Waals surface area contributed by atoms with Gasteiger partial charge in [0.05, 0.1) is 22.4 Å². The number of aromatic nitrogens is 1. The maximum atomic E-state index is 13.7. The lowest BCUT2D eigenvalue weighted by atomic mass is 9.90. The number of anilines is 3. The summed E-state index contributed by atoms with van der Waals surface area (Å²) in [6.07, 6.45) is 3.47. The van der Waals surface area contributed by atoms with Crippen LogP contribution in [0.25, 0.3) is 10.2 Å². The van der Waals surface area contributed by atoms with E-state index in [1.54, 1.807) is 17.2 Å². The number of urea groups is 1. The number of carbonyl (C=O) groups excluding carboxylic acids is 3. The topological polar surface area (TPSA) is 153 Å². The number of rotatable bonds is 8. The van der Waals surface area contributed by atoms with Gasteiger partial charge in [0.25, 0.3) is 5.91 Å². The van der Waals surface area contributed by atoms with E-state index in [-0.39, 0.29) is 24.5 Å². The van der Waals surface area contributed by atoms with E-state index in [1.807, 2.05) is 55.5 Å². The van der Waals surface area contributed by atoms with Gasteiger partial charge in [-0.15, -0.1) is 11.3 Å². The Hall–Kier alpha value is -5.17. The molecule has 1 fully saturated rings. The van der Waals surface area contributed by atoms with Crippen LogP contribution in [0.5, 0.6) is 11.5 Å². The summed E-state index contributed by atoms with van der Waals surface area (Å²) in [6.45, 7) is 1.60. The van der Waals surface area contributed by atoms with E-state index in [1.165, 1.54) is 18.4 Å². The van der Waals surface area contributed by atoms with Gasteiger partial charge in [-0.1, -0.05) is 31.0 Å².